The monoisotopic (exact) mass is 395 g/mol. The van der Waals surface area contributed by atoms with Crippen LogP contribution in [0.25, 0.3) is 10.9 Å². The molecule has 0 aliphatic carbocycles. The quantitative estimate of drug-likeness (QED) is 0.391. The van der Waals surface area contributed by atoms with Gasteiger partial charge < -0.3 is 0 Å². The van der Waals surface area contributed by atoms with Gasteiger partial charge in [0.25, 0.3) is 0 Å². The van der Waals surface area contributed by atoms with E-state index in [0.717, 1.165) is 27.3 Å². The van der Waals surface area contributed by atoms with Crippen LogP contribution in [0, 0.1) is 11.3 Å². The molecule has 0 bridgehead atoms. The molecular formula is C17H14B2BrN2OS. The summed E-state index contributed by atoms with van der Waals surface area (Å²) in [4.78, 5) is 10.5. The third-order valence-corrected chi connectivity index (χ3v) is 4.81. The second-order valence-corrected chi connectivity index (χ2v) is 6.73. The summed E-state index contributed by atoms with van der Waals surface area (Å²) < 4.78 is 3.10. The minimum absolute atomic E-state index is 0.641. The van der Waals surface area contributed by atoms with Gasteiger partial charge in [-0.2, -0.15) is 0 Å². The van der Waals surface area contributed by atoms with Crippen LogP contribution in [0.2, 0.25) is 0 Å². The first-order chi connectivity index (χ1) is 11.7. The van der Waals surface area contributed by atoms with Gasteiger partial charge in [0.2, 0.25) is 0 Å². The Labute approximate surface area is 155 Å². The number of nitrogens with zero attached hydrogens (tertiary/aromatic N) is 2. The first kappa shape index (κ1) is 18.6. The van der Waals surface area contributed by atoms with Crippen LogP contribution in [0.1, 0.15) is 5.56 Å². The van der Waals surface area contributed by atoms with Crippen molar-refractivity contribution in [3.05, 3.63) is 58.6 Å². The molecule has 117 valence electrons. The molecule has 0 amide bonds. The van der Waals surface area contributed by atoms with Gasteiger partial charge in [0.05, 0.1) is 0 Å². The van der Waals surface area contributed by atoms with Crippen molar-refractivity contribution in [2.75, 3.05) is 5.75 Å². The van der Waals surface area contributed by atoms with Crippen LogP contribution in [0.15, 0.2) is 53.1 Å². The van der Waals surface area contributed by atoms with Crippen molar-refractivity contribution in [1.82, 2.24) is 4.57 Å². The number of allylic oxidation sites excluding steroid dienone is 1. The SMILES string of the molecule is C=CB=C/C=C(\CS[B]C=O)Cn1cc(Br)c2cc(C#N)ccc21. The van der Waals surface area contributed by atoms with Gasteiger partial charge in [0.1, 0.15) is 0 Å². The van der Waals surface area contributed by atoms with E-state index in [0.29, 0.717) is 12.1 Å². The van der Waals surface area contributed by atoms with Gasteiger partial charge >= 0.3 is 156 Å². The van der Waals surface area contributed by atoms with Gasteiger partial charge in [-0.1, -0.05) is 0 Å². The third kappa shape index (κ3) is 4.86. The van der Waals surface area contributed by atoms with Crippen LogP contribution in [0.3, 0.4) is 0 Å². The van der Waals surface area contributed by atoms with E-state index in [4.69, 9.17) is 5.26 Å². The fraction of sp³-hybridized carbons (Fsp3) is 0.118. The molecular weight excluding hydrogens is 382 g/mol. The average Bonchev–Trinajstić information content (AvgIpc) is 2.90. The van der Waals surface area contributed by atoms with Gasteiger partial charge in [-0.25, -0.2) is 0 Å². The fourth-order valence-corrected chi connectivity index (χ4v) is 3.43. The normalized spacial score (nSPS) is 11.2. The zero-order valence-corrected chi connectivity index (χ0v) is 15.4. The van der Waals surface area contributed by atoms with Crippen LogP contribution in [-0.4, -0.2) is 36.0 Å². The van der Waals surface area contributed by atoms with E-state index in [1.807, 2.05) is 43.4 Å². The zero-order chi connectivity index (χ0) is 17.4. The molecule has 1 aromatic heterocycles. The molecule has 0 unspecified atom stereocenters. The van der Waals surface area contributed by atoms with Crippen LogP contribution >= 0.6 is 27.5 Å². The molecule has 7 heteroatoms. The Morgan fingerprint density at radius 1 is 1.50 bits per heavy atom. The molecule has 3 nitrogen and oxygen atoms in total. The molecule has 2 aromatic rings. The van der Waals surface area contributed by atoms with E-state index in [-0.39, 0.29) is 0 Å². The molecule has 2 rings (SSSR count). The number of benzene rings is 1. The van der Waals surface area contributed by atoms with Crippen molar-refractivity contribution < 1.29 is 4.79 Å². The van der Waals surface area contributed by atoms with E-state index in [1.165, 1.54) is 17.2 Å². The number of carbonyl (C=O) groups excluding carboxylic acids is 1. The number of hydrogen-bond donors (Lipinski definition) is 0. The summed E-state index contributed by atoms with van der Waals surface area (Å²) in [6.45, 7) is 7.79. The number of aromatic nitrogens is 1. The molecule has 0 saturated heterocycles. The van der Waals surface area contributed by atoms with Crippen LogP contribution in [0.5, 0.6) is 0 Å². The zero-order valence-electron chi connectivity index (χ0n) is 13.0. The Kier molecular flexibility index (Phi) is 7.36. The van der Waals surface area contributed by atoms with Gasteiger partial charge in [0.15, 0.2) is 0 Å². The van der Waals surface area contributed by atoms with E-state index in [2.05, 4.69) is 33.1 Å². The molecule has 1 heterocycles. The molecule has 1 radical (unpaired) electrons. The maximum absolute atomic E-state index is 10.5. The van der Waals surface area contributed by atoms with E-state index in [9.17, 15) is 4.79 Å². The van der Waals surface area contributed by atoms with Crippen molar-refractivity contribution in [2.24, 2.45) is 0 Å². The molecule has 0 saturated carbocycles. The van der Waals surface area contributed by atoms with Crippen molar-refractivity contribution in [3.63, 3.8) is 0 Å². The molecule has 0 fully saturated rings. The summed E-state index contributed by atoms with van der Waals surface area (Å²) in [7, 11) is 0. The number of hydrogen-bond acceptors (Lipinski definition) is 3. The van der Waals surface area contributed by atoms with Crippen molar-refractivity contribution in [2.45, 2.75) is 6.54 Å². The van der Waals surface area contributed by atoms with Crippen molar-refractivity contribution in [3.8, 4) is 6.07 Å². The van der Waals surface area contributed by atoms with E-state index in [1.54, 1.807) is 12.5 Å². The Morgan fingerprint density at radius 2 is 2.33 bits per heavy atom. The first-order valence-corrected chi connectivity index (χ1v) is 9.08. The predicted octanol–water partition coefficient (Wildman–Crippen LogP) is 3.39. The summed E-state index contributed by atoms with van der Waals surface area (Å²) in [5.74, 6) is 4.40. The average molecular weight is 396 g/mol. The van der Waals surface area contributed by atoms with Crippen LogP contribution < -0.4 is 0 Å². The second kappa shape index (κ2) is 9.51. The number of nitriles is 1. The molecule has 0 atom stereocenters. The Morgan fingerprint density at radius 3 is 3.04 bits per heavy atom. The van der Waals surface area contributed by atoms with Gasteiger partial charge in [-0.3, -0.25) is 0 Å². The molecule has 0 aliphatic rings. The van der Waals surface area contributed by atoms with Crippen molar-refractivity contribution >= 4 is 64.1 Å². The summed E-state index contributed by atoms with van der Waals surface area (Å²) in [6.07, 6.45) is 4.86. The summed E-state index contributed by atoms with van der Waals surface area (Å²) in [5, 5.41) is 10.1. The first-order valence-electron chi connectivity index (χ1n) is 7.23. The van der Waals surface area contributed by atoms with Crippen LogP contribution in [0.4, 0.5) is 0 Å². The van der Waals surface area contributed by atoms with E-state index >= 15 is 0 Å². The maximum atomic E-state index is 10.5. The third-order valence-electron chi connectivity index (χ3n) is 3.33. The van der Waals surface area contributed by atoms with Crippen LogP contribution in [-0.2, 0) is 11.3 Å². The number of fused-ring (bicyclic) bond motifs is 1. The number of carbonyl (C=O) groups is 1. The molecule has 24 heavy (non-hydrogen) atoms. The summed E-state index contributed by atoms with van der Waals surface area (Å²) in [6, 6.07) is 7.82. The standard InChI is InChI=1S/C17H14B2BrN2OS/c1-2-18-6-5-14(11-24-19-12-23)9-22-10-16(20)15-7-13(8-21)3-4-17(15)22/h2-7,10,12H,1,9,11H2/b14-5-. The summed E-state index contributed by atoms with van der Waals surface area (Å²) in [5.41, 5.74) is 2.87. The molecule has 0 aliphatic heterocycles. The predicted molar refractivity (Wildman–Crippen MR) is 109 cm³/mol. The Balaban J connectivity index is 2.31. The van der Waals surface area contributed by atoms with Gasteiger partial charge in [-0.05, 0) is 0 Å². The minimum atomic E-state index is 0.641. The fourth-order valence-electron chi connectivity index (χ4n) is 2.28. The summed E-state index contributed by atoms with van der Waals surface area (Å²) >= 11 is 5.03. The van der Waals surface area contributed by atoms with E-state index < -0.39 is 0 Å². The molecule has 0 spiro atoms. The van der Waals surface area contributed by atoms with Crippen molar-refractivity contribution in [1.29, 1.82) is 5.26 Å². The molecule has 1 aromatic carbocycles. The number of halogens is 1. The van der Waals surface area contributed by atoms with Gasteiger partial charge in [-0.15, -0.1) is 0 Å². The topological polar surface area (TPSA) is 45.8 Å². The molecule has 0 N–H and O–H groups in total. The number of rotatable bonds is 8. The van der Waals surface area contributed by atoms with Gasteiger partial charge in [0, 0.05) is 0 Å². The Hall–Kier alpha value is -1.77. The second-order valence-electron chi connectivity index (χ2n) is 4.98. The Bertz CT molecular complexity index is 852.